The van der Waals surface area contributed by atoms with Gasteiger partial charge in [0.2, 0.25) is 0 Å². The van der Waals surface area contributed by atoms with E-state index in [1.54, 1.807) is 17.0 Å². The molecule has 1 rings (SSSR count). The van der Waals surface area contributed by atoms with Crippen LogP contribution in [0.5, 0.6) is 0 Å². The molecule has 0 aliphatic heterocycles. The third kappa shape index (κ3) is 3.38. The van der Waals surface area contributed by atoms with Crippen LogP contribution in [0.3, 0.4) is 0 Å². The summed E-state index contributed by atoms with van der Waals surface area (Å²) in [5.41, 5.74) is 0.801. The number of rotatable bonds is 4. The van der Waals surface area contributed by atoms with Crippen LogP contribution in [-0.2, 0) is 14.6 Å². The average Bonchev–Trinajstić information content (AvgIpc) is 2.15. The lowest BCUT2D eigenvalue weighted by Gasteiger charge is -2.22. The van der Waals surface area contributed by atoms with Crippen molar-refractivity contribution < 1.29 is 13.2 Å². The van der Waals surface area contributed by atoms with Crippen molar-refractivity contribution in [2.45, 2.75) is 17.9 Å². The maximum absolute atomic E-state index is 11.5. The van der Waals surface area contributed by atoms with Crippen molar-refractivity contribution in [3.8, 4) is 0 Å². The summed E-state index contributed by atoms with van der Waals surface area (Å²) in [7, 11) is 0.448. The third-order valence-corrected chi connectivity index (χ3v) is 3.65. The second kappa shape index (κ2) is 4.98. The summed E-state index contributed by atoms with van der Waals surface area (Å²) >= 11 is 0. The number of carbonyl (C=O) groups is 1. The van der Waals surface area contributed by atoms with Crippen molar-refractivity contribution in [2.75, 3.05) is 20.4 Å². The molecule has 0 aliphatic rings. The molecule has 0 radical (unpaired) electrons. The molecule has 17 heavy (non-hydrogen) atoms. The minimum Gasteiger partial charge on any atom is -0.298 e. The predicted molar refractivity (Wildman–Crippen MR) is 66.7 cm³/mol. The fraction of sp³-hybridized carbons (Fsp3) is 0.417. The van der Waals surface area contributed by atoms with Gasteiger partial charge in [0, 0.05) is 6.26 Å². The number of nitrogens with zero attached hydrogens (tertiary/aromatic N) is 1. The van der Waals surface area contributed by atoms with Crippen molar-refractivity contribution in [3.05, 3.63) is 29.8 Å². The minimum atomic E-state index is -3.18. The van der Waals surface area contributed by atoms with E-state index >= 15 is 0 Å². The highest BCUT2D eigenvalue weighted by Gasteiger charge is 2.19. The van der Waals surface area contributed by atoms with E-state index in [0.29, 0.717) is 0 Å². The highest BCUT2D eigenvalue weighted by Crippen LogP contribution is 2.21. The van der Waals surface area contributed by atoms with Crippen LogP contribution in [0.2, 0.25) is 0 Å². The normalized spacial score (nSPS) is 13.7. The second-order valence-corrected chi connectivity index (χ2v) is 6.33. The molecule has 1 aromatic rings. The van der Waals surface area contributed by atoms with E-state index in [0.717, 1.165) is 11.8 Å². The lowest BCUT2D eigenvalue weighted by Crippen LogP contribution is -2.25. The van der Waals surface area contributed by atoms with Crippen LogP contribution in [0, 0.1) is 0 Å². The van der Waals surface area contributed by atoms with Crippen molar-refractivity contribution in [3.63, 3.8) is 0 Å². The van der Waals surface area contributed by atoms with Gasteiger partial charge in [0.15, 0.2) is 15.6 Å². The Kier molecular flexibility index (Phi) is 4.06. The quantitative estimate of drug-likeness (QED) is 0.813. The zero-order valence-corrected chi connectivity index (χ0v) is 11.3. The van der Waals surface area contributed by atoms with Gasteiger partial charge in [-0.1, -0.05) is 12.1 Å². The fourth-order valence-electron chi connectivity index (χ4n) is 1.79. The van der Waals surface area contributed by atoms with Crippen LogP contribution < -0.4 is 0 Å². The standard InChI is InChI=1S/C12H17NO3S/c1-9(14)12(13(2)3)10-5-7-11(8-6-10)17(4,15)16/h5-8,12H,1-4H3. The van der Waals surface area contributed by atoms with Gasteiger partial charge in [-0.05, 0) is 38.7 Å². The lowest BCUT2D eigenvalue weighted by atomic mass is 10.0. The highest BCUT2D eigenvalue weighted by atomic mass is 32.2. The first-order valence-electron chi connectivity index (χ1n) is 5.20. The van der Waals surface area contributed by atoms with Gasteiger partial charge >= 0.3 is 0 Å². The number of carbonyl (C=O) groups excluding carboxylic acids is 1. The van der Waals surface area contributed by atoms with E-state index in [1.807, 2.05) is 14.1 Å². The number of likely N-dealkylation sites (N-methyl/N-ethyl adjacent to an activating group) is 1. The molecule has 0 bridgehead atoms. The van der Waals surface area contributed by atoms with Crippen molar-refractivity contribution in [1.29, 1.82) is 0 Å². The van der Waals surface area contributed by atoms with Gasteiger partial charge in [-0.25, -0.2) is 8.42 Å². The number of sulfone groups is 1. The zero-order valence-electron chi connectivity index (χ0n) is 10.5. The Bertz CT molecular complexity index is 503. The van der Waals surface area contributed by atoms with Gasteiger partial charge in [0.1, 0.15) is 0 Å². The summed E-state index contributed by atoms with van der Waals surface area (Å²) in [4.78, 5) is 13.6. The van der Waals surface area contributed by atoms with Gasteiger partial charge in [0.25, 0.3) is 0 Å². The first kappa shape index (κ1) is 13.9. The molecule has 0 N–H and O–H groups in total. The monoisotopic (exact) mass is 255 g/mol. The van der Waals surface area contributed by atoms with Crippen LogP contribution in [0.1, 0.15) is 18.5 Å². The molecule has 0 spiro atoms. The number of Topliss-reactive ketones (excluding diaryl/α,β-unsaturated/α-hetero) is 1. The predicted octanol–water partition coefficient (Wildman–Crippen LogP) is 1.28. The summed E-state index contributed by atoms with van der Waals surface area (Å²) in [5, 5.41) is 0. The molecule has 0 saturated heterocycles. The average molecular weight is 255 g/mol. The summed E-state index contributed by atoms with van der Waals surface area (Å²) < 4.78 is 22.6. The molecule has 5 heteroatoms. The van der Waals surface area contributed by atoms with E-state index in [4.69, 9.17) is 0 Å². The van der Waals surface area contributed by atoms with Gasteiger partial charge < -0.3 is 0 Å². The largest absolute Gasteiger partial charge is 0.298 e. The van der Waals surface area contributed by atoms with E-state index in [1.165, 1.54) is 19.1 Å². The molecule has 0 aliphatic carbocycles. The summed E-state index contributed by atoms with van der Waals surface area (Å²) in [6, 6.07) is 6.10. The van der Waals surface area contributed by atoms with Gasteiger partial charge in [-0.3, -0.25) is 9.69 Å². The van der Waals surface area contributed by atoms with Crippen LogP contribution in [0.15, 0.2) is 29.2 Å². The Morgan fingerprint density at radius 1 is 1.18 bits per heavy atom. The molecule has 0 fully saturated rings. The molecule has 1 atom stereocenters. The summed E-state index contributed by atoms with van der Waals surface area (Å²) in [6.45, 7) is 1.52. The smallest absolute Gasteiger partial charge is 0.175 e. The van der Waals surface area contributed by atoms with Gasteiger partial charge in [-0.2, -0.15) is 0 Å². The summed E-state index contributed by atoms with van der Waals surface area (Å²) in [5.74, 6) is 0.0297. The Balaban J connectivity index is 3.13. The topological polar surface area (TPSA) is 54.5 Å². The lowest BCUT2D eigenvalue weighted by molar-refractivity contribution is -0.121. The molecular weight excluding hydrogens is 238 g/mol. The molecule has 4 nitrogen and oxygen atoms in total. The molecule has 94 valence electrons. The van der Waals surface area contributed by atoms with E-state index in [-0.39, 0.29) is 16.7 Å². The molecule has 1 aromatic carbocycles. The van der Waals surface area contributed by atoms with Crippen LogP contribution in [0.4, 0.5) is 0 Å². The van der Waals surface area contributed by atoms with Crippen molar-refractivity contribution in [1.82, 2.24) is 4.90 Å². The number of benzene rings is 1. The van der Waals surface area contributed by atoms with Gasteiger partial charge in [0.05, 0.1) is 10.9 Å². The summed E-state index contributed by atoms with van der Waals surface area (Å²) in [6.07, 6.45) is 1.16. The SMILES string of the molecule is CC(=O)C(c1ccc(S(C)(=O)=O)cc1)N(C)C. The van der Waals surface area contributed by atoms with E-state index in [2.05, 4.69) is 0 Å². The molecule has 1 unspecified atom stereocenters. The number of hydrogen-bond donors (Lipinski definition) is 0. The molecule has 0 saturated carbocycles. The molecule has 0 heterocycles. The van der Waals surface area contributed by atoms with Crippen LogP contribution in [0.25, 0.3) is 0 Å². The van der Waals surface area contributed by atoms with Gasteiger partial charge in [-0.15, -0.1) is 0 Å². The third-order valence-electron chi connectivity index (χ3n) is 2.53. The Morgan fingerprint density at radius 3 is 1.94 bits per heavy atom. The first-order valence-corrected chi connectivity index (χ1v) is 7.09. The van der Waals surface area contributed by atoms with E-state index in [9.17, 15) is 13.2 Å². The number of hydrogen-bond acceptors (Lipinski definition) is 4. The maximum Gasteiger partial charge on any atom is 0.175 e. The molecular formula is C12H17NO3S. The molecule has 0 amide bonds. The van der Waals surface area contributed by atoms with Crippen LogP contribution in [-0.4, -0.2) is 39.5 Å². The van der Waals surface area contributed by atoms with Crippen LogP contribution >= 0.6 is 0 Å². The minimum absolute atomic E-state index is 0.0297. The van der Waals surface area contributed by atoms with Crippen molar-refractivity contribution in [2.24, 2.45) is 0 Å². The Morgan fingerprint density at radius 2 is 1.65 bits per heavy atom. The maximum atomic E-state index is 11.5. The Labute approximate surface area is 102 Å². The zero-order chi connectivity index (χ0) is 13.2. The molecule has 0 aromatic heterocycles. The highest BCUT2D eigenvalue weighted by molar-refractivity contribution is 7.90. The Hall–Kier alpha value is -1.20. The number of ketones is 1. The van der Waals surface area contributed by atoms with E-state index < -0.39 is 9.84 Å². The second-order valence-electron chi connectivity index (χ2n) is 4.32. The van der Waals surface area contributed by atoms with Crippen molar-refractivity contribution >= 4 is 15.6 Å². The first-order chi connectivity index (χ1) is 7.73. The fourth-order valence-corrected chi connectivity index (χ4v) is 2.42.